The van der Waals surface area contributed by atoms with Crippen molar-refractivity contribution in [2.75, 3.05) is 0 Å². The van der Waals surface area contributed by atoms with Crippen molar-refractivity contribution < 1.29 is 4.79 Å². The maximum atomic E-state index is 11.1. The number of carbonyl (C=O) groups excluding carboxylic acids is 1. The molecule has 0 heterocycles. The van der Waals surface area contributed by atoms with Crippen LogP contribution in [0, 0.1) is 5.92 Å². The van der Waals surface area contributed by atoms with Crippen molar-refractivity contribution in [1.29, 1.82) is 0 Å². The Hall–Kier alpha value is -0.850. The molecule has 0 aromatic rings. The van der Waals surface area contributed by atoms with Crippen LogP contribution < -0.4 is 0 Å². The summed E-state index contributed by atoms with van der Waals surface area (Å²) >= 11 is 0. The minimum atomic E-state index is 0.0208. The molecule has 1 aliphatic rings. The molecule has 0 atom stereocenters. The van der Waals surface area contributed by atoms with Gasteiger partial charge in [-0.05, 0) is 30.9 Å². The lowest BCUT2D eigenvalue weighted by Gasteiger charge is -1.98. The molecule has 1 fully saturated rings. The first-order chi connectivity index (χ1) is 4.63. The fourth-order valence-corrected chi connectivity index (χ4v) is 0.782. The van der Waals surface area contributed by atoms with Crippen molar-refractivity contribution in [1.82, 2.24) is 0 Å². The molecule has 0 unspecified atom stereocenters. The number of rotatable bonds is 3. The molecule has 1 rings (SSSR count). The van der Waals surface area contributed by atoms with Gasteiger partial charge in [0.25, 0.3) is 0 Å². The van der Waals surface area contributed by atoms with Crippen LogP contribution in [0.15, 0.2) is 24.3 Å². The molecular formula is C9H11O. The minimum absolute atomic E-state index is 0.0208. The highest BCUT2D eigenvalue weighted by molar-refractivity contribution is 6.09. The topological polar surface area (TPSA) is 17.1 Å². The molecule has 1 radical (unpaired) electrons. The Balaban J connectivity index is 2.55. The van der Waals surface area contributed by atoms with Crippen molar-refractivity contribution >= 4 is 5.78 Å². The van der Waals surface area contributed by atoms with E-state index in [4.69, 9.17) is 0 Å². The third-order valence-electron chi connectivity index (χ3n) is 1.59. The summed E-state index contributed by atoms with van der Waals surface area (Å²) in [5, 5.41) is 0. The minimum Gasteiger partial charge on any atom is -0.289 e. The molecule has 1 saturated carbocycles. The van der Waals surface area contributed by atoms with Gasteiger partial charge in [-0.25, -0.2) is 0 Å². The van der Waals surface area contributed by atoms with Crippen molar-refractivity contribution in [2.45, 2.75) is 19.8 Å². The van der Waals surface area contributed by atoms with Gasteiger partial charge in [0.15, 0.2) is 5.78 Å². The van der Waals surface area contributed by atoms with Crippen LogP contribution in [0.2, 0.25) is 0 Å². The molecule has 0 aliphatic heterocycles. The molecule has 0 amide bonds. The number of carbonyl (C=O) groups is 1. The summed E-state index contributed by atoms with van der Waals surface area (Å²) in [5.41, 5.74) is 1.26. The molecule has 0 N–H and O–H groups in total. The maximum absolute atomic E-state index is 11.1. The monoisotopic (exact) mass is 135 g/mol. The fourth-order valence-electron chi connectivity index (χ4n) is 0.782. The molecule has 53 valence electrons. The van der Waals surface area contributed by atoms with E-state index in [1.165, 1.54) is 5.92 Å². The van der Waals surface area contributed by atoms with Gasteiger partial charge < -0.3 is 0 Å². The Labute approximate surface area is 61.4 Å². The molecule has 10 heavy (non-hydrogen) atoms. The van der Waals surface area contributed by atoms with Crippen LogP contribution >= 0.6 is 0 Å². The summed E-state index contributed by atoms with van der Waals surface area (Å²) in [6.45, 7) is 8.97. The number of Topliss-reactive ketones (excluding diaryl/α,β-unsaturated/α-hetero) is 1. The second kappa shape index (κ2) is 2.41. The van der Waals surface area contributed by atoms with Crippen LogP contribution in [0.25, 0.3) is 0 Å². The number of ketones is 1. The van der Waals surface area contributed by atoms with Gasteiger partial charge >= 0.3 is 0 Å². The zero-order valence-electron chi connectivity index (χ0n) is 6.24. The van der Waals surface area contributed by atoms with E-state index in [0.29, 0.717) is 11.1 Å². The highest BCUT2D eigenvalue weighted by atomic mass is 16.1. The molecular weight excluding hydrogens is 124 g/mol. The van der Waals surface area contributed by atoms with Gasteiger partial charge in [0, 0.05) is 5.92 Å². The third-order valence-corrected chi connectivity index (χ3v) is 1.59. The Morgan fingerprint density at radius 3 is 2.20 bits per heavy atom. The Kier molecular flexibility index (Phi) is 1.75. The van der Waals surface area contributed by atoms with Crippen LogP contribution in [0.5, 0.6) is 0 Å². The zero-order chi connectivity index (χ0) is 7.72. The lowest BCUT2D eigenvalue weighted by Crippen LogP contribution is -2.02. The van der Waals surface area contributed by atoms with Crippen LogP contribution in [0.1, 0.15) is 19.8 Å². The second-order valence-corrected chi connectivity index (χ2v) is 2.69. The average Bonchev–Trinajstić information content (AvgIpc) is 2.65. The van der Waals surface area contributed by atoms with E-state index in [0.717, 1.165) is 12.8 Å². The smallest absolute Gasteiger partial charge is 0.184 e. The lowest BCUT2D eigenvalue weighted by molar-refractivity contribution is -0.112. The summed E-state index contributed by atoms with van der Waals surface area (Å²) in [4.78, 5) is 11.1. The first kappa shape index (κ1) is 7.26. The highest BCUT2D eigenvalue weighted by Gasteiger charge is 2.29. The summed E-state index contributed by atoms with van der Waals surface area (Å²) < 4.78 is 0. The quantitative estimate of drug-likeness (QED) is 0.541. The van der Waals surface area contributed by atoms with Crippen molar-refractivity contribution in [3.63, 3.8) is 0 Å². The molecule has 0 spiro atoms. The second-order valence-electron chi connectivity index (χ2n) is 2.69. The van der Waals surface area contributed by atoms with Gasteiger partial charge in [0.05, 0.1) is 0 Å². The van der Waals surface area contributed by atoms with Crippen molar-refractivity contribution in [3.05, 3.63) is 30.2 Å². The Morgan fingerprint density at radius 1 is 1.40 bits per heavy atom. The molecule has 1 heteroatoms. The summed E-state index contributed by atoms with van der Waals surface area (Å²) in [6, 6.07) is 0. The van der Waals surface area contributed by atoms with E-state index in [1.807, 2.05) is 0 Å². The van der Waals surface area contributed by atoms with E-state index in [1.54, 1.807) is 6.92 Å². The summed E-state index contributed by atoms with van der Waals surface area (Å²) in [6.07, 6.45) is 2.11. The first-order valence-electron chi connectivity index (χ1n) is 3.37. The van der Waals surface area contributed by atoms with E-state index in [9.17, 15) is 4.79 Å². The molecule has 0 bridgehead atoms. The van der Waals surface area contributed by atoms with Gasteiger partial charge in [-0.2, -0.15) is 0 Å². The molecule has 0 aromatic heterocycles. The van der Waals surface area contributed by atoms with Crippen LogP contribution in [-0.4, -0.2) is 5.78 Å². The van der Waals surface area contributed by atoms with Gasteiger partial charge in [-0.1, -0.05) is 13.2 Å². The third kappa shape index (κ3) is 1.35. The van der Waals surface area contributed by atoms with Crippen LogP contribution in [-0.2, 0) is 4.79 Å². The first-order valence-corrected chi connectivity index (χ1v) is 3.37. The van der Waals surface area contributed by atoms with Crippen LogP contribution in [0.4, 0.5) is 0 Å². The summed E-state index contributed by atoms with van der Waals surface area (Å²) in [5.74, 6) is 1.22. The maximum Gasteiger partial charge on any atom is 0.184 e. The zero-order valence-corrected chi connectivity index (χ0v) is 6.24. The highest BCUT2D eigenvalue weighted by Crippen LogP contribution is 2.39. The predicted octanol–water partition coefficient (Wildman–Crippen LogP) is 2.06. The molecule has 1 aliphatic carbocycles. The normalized spacial score (nSPS) is 16.5. The molecule has 0 saturated heterocycles. The van der Waals surface area contributed by atoms with E-state index >= 15 is 0 Å². The van der Waals surface area contributed by atoms with Crippen LogP contribution in [0.3, 0.4) is 0 Å². The van der Waals surface area contributed by atoms with E-state index < -0.39 is 0 Å². The average molecular weight is 135 g/mol. The Morgan fingerprint density at radius 2 is 1.90 bits per heavy atom. The van der Waals surface area contributed by atoms with Crippen molar-refractivity contribution in [3.8, 4) is 0 Å². The fraction of sp³-hybridized carbons (Fsp3) is 0.333. The lowest BCUT2D eigenvalue weighted by atomic mass is 10.0. The largest absolute Gasteiger partial charge is 0.289 e. The van der Waals surface area contributed by atoms with E-state index in [2.05, 4.69) is 13.2 Å². The van der Waals surface area contributed by atoms with E-state index in [-0.39, 0.29) is 5.78 Å². The standard InChI is InChI=1S/C9H11O/c1-6(2)9(10)7(3)8-4-5-8/h1,3-5H2,2H3. The number of allylic oxidation sites excluding steroid dienone is 2. The van der Waals surface area contributed by atoms with Gasteiger partial charge in [-0.3, -0.25) is 4.79 Å². The SMILES string of the molecule is C=C(C)C(=O)C(=C)[C]1CC1. The van der Waals surface area contributed by atoms with Gasteiger partial charge in [0.1, 0.15) is 0 Å². The van der Waals surface area contributed by atoms with Crippen molar-refractivity contribution in [2.24, 2.45) is 0 Å². The Bertz CT molecular complexity index is 197. The predicted molar refractivity (Wildman–Crippen MR) is 41.4 cm³/mol. The molecule has 0 aromatic carbocycles. The van der Waals surface area contributed by atoms with Gasteiger partial charge in [-0.15, -0.1) is 0 Å². The summed E-state index contributed by atoms with van der Waals surface area (Å²) in [7, 11) is 0. The number of hydrogen-bond donors (Lipinski definition) is 0. The number of hydrogen-bond acceptors (Lipinski definition) is 1. The molecule has 1 nitrogen and oxygen atoms in total. The van der Waals surface area contributed by atoms with Gasteiger partial charge in [0.2, 0.25) is 0 Å².